The van der Waals surface area contributed by atoms with Gasteiger partial charge in [-0.15, -0.1) is 0 Å². The number of nitrogens with zero attached hydrogens (tertiary/aromatic N) is 1. The molecule has 0 amide bonds. The van der Waals surface area contributed by atoms with Crippen molar-refractivity contribution < 1.29 is 4.74 Å². The molecular formula is C16H28N2O. The Balaban J connectivity index is 2.20. The van der Waals surface area contributed by atoms with Gasteiger partial charge in [0.2, 0.25) is 0 Å². The highest BCUT2D eigenvalue weighted by atomic mass is 16.5. The van der Waals surface area contributed by atoms with Crippen LogP contribution < -0.4 is 5.32 Å². The van der Waals surface area contributed by atoms with Crippen molar-refractivity contribution in [2.24, 2.45) is 5.41 Å². The molecule has 0 aliphatic carbocycles. The van der Waals surface area contributed by atoms with Crippen LogP contribution in [-0.4, -0.2) is 30.3 Å². The van der Waals surface area contributed by atoms with Crippen LogP contribution in [0.25, 0.3) is 0 Å². The summed E-state index contributed by atoms with van der Waals surface area (Å²) < 4.78 is 5.79. The monoisotopic (exact) mass is 264 g/mol. The van der Waals surface area contributed by atoms with Crippen LogP contribution in [0.4, 0.5) is 0 Å². The highest BCUT2D eigenvalue weighted by molar-refractivity contribution is 5.03. The molecule has 108 valence electrons. The average Bonchev–Trinajstić information content (AvgIpc) is 2.33. The predicted molar refractivity (Wildman–Crippen MR) is 80.3 cm³/mol. The zero-order valence-corrected chi connectivity index (χ0v) is 13.0. The van der Waals surface area contributed by atoms with E-state index in [2.05, 4.69) is 44.9 Å². The van der Waals surface area contributed by atoms with Gasteiger partial charge in [0, 0.05) is 35.8 Å². The van der Waals surface area contributed by atoms with Crippen LogP contribution >= 0.6 is 0 Å². The Morgan fingerprint density at radius 2 is 1.89 bits per heavy atom. The lowest BCUT2D eigenvalue weighted by atomic mass is 9.93. The third-order valence-corrected chi connectivity index (χ3v) is 2.82. The molecule has 0 fully saturated rings. The van der Waals surface area contributed by atoms with E-state index >= 15 is 0 Å². The van der Waals surface area contributed by atoms with Crippen molar-refractivity contribution in [3.8, 4) is 0 Å². The van der Waals surface area contributed by atoms with E-state index in [1.807, 2.05) is 24.4 Å². The average molecular weight is 264 g/mol. The molecule has 1 aromatic heterocycles. The maximum atomic E-state index is 5.79. The number of pyridine rings is 1. The minimum atomic E-state index is 0.150. The fraction of sp³-hybridized carbons (Fsp3) is 0.688. The lowest BCUT2D eigenvalue weighted by molar-refractivity contribution is 0.0604. The third-order valence-electron chi connectivity index (χ3n) is 2.82. The molecule has 0 atom stereocenters. The molecule has 1 rings (SSSR count). The highest BCUT2D eigenvalue weighted by Crippen LogP contribution is 2.16. The Morgan fingerprint density at radius 3 is 2.47 bits per heavy atom. The minimum Gasteiger partial charge on any atom is -0.380 e. The van der Waals surface area contributed by atoms with Crippen molar-refractivity contribution in [1.82, 2.24) is 10.3 Å². The summed E-state index contributed by atoms with van der Waals surface area (Å²) in [5.74, 6) is 0. The van der Waals surface area contributed by atoms with E-state index in [0.717, 1.165) is 31.9 Å². The molecule has 3 heteroatoms. The van der Waals surface area contributed by atoms with Crippen molar-refractivity contribution in [2.45, 2.75) is 46.6 Å². The maximum Gasteiger partial charge on any atom is 0.0529 e. The number of ether oxygens (including phenoxy) is 1. The molecule has 0 saturated carbocycles. The summed E-state index contributed by atoms with van der Waals surface area (Å²) in [6.07, 6.45) is 2.70. The molecule has 1 N–H and O–H groups in total. The first-order valence-corrected chi connectivity index (χ1v) is 7.01. The van der Waals surface area contributed by atoms with Gasteiger partial charge in [0.05, 0.1) is 13.2 Å². The van der Waals surface area contributed by atoms with Crippen LogP contribution in [0.1, 0.15) is 40.3 Å². The molecule has 0 radical (unpaired) electrons. The van der Waals surface area contributed by atoms with Crippen LogP contribution in [0.5, 0.6) is 0 Å². The van der Waals surface area contributed by atoms with E-state index in [1.165, 1.54) is 0 Å². The summed E-state index contributed by atoms with van der Waals surface area (Å²) in [4.78, 5) is 4.29. The van der Waals surface area contributed by atoms with Crippen molar-refractivity contribution in [3.05, 3.63) is 30.1 Å². The van der Waals surface area contributed by atoms with E-state index in [1.54, 1.807) is 0 Å². The molecule has 0 unspecified atom stereocenters. The van der Waals surface area contributed by atoms with E-state index < -0.39 is 0 Å². The molecule has 0 bridgehead atoms. The summed E-state index contributed by atoms with van der Waals surface area (Å²) in [7, 11) is 0. The normalized spacial score (nSPS) is 12.7. The van der Waals surface area contributed by atoms with Crippen molar-refractivity contribution in [2.75, 3.05) is 19.8 Å². The molecule has 0 aliphatic heterocycles. The fourth-order valence-corrected chi connectivity index (χ4v) is 1.63. The van der Waals surface area contributed by atoms with Gasteiger partial charge >= 0.3 is 0 Å². The van der Waals surface area contributed by atoms with Crippen LogP contribution in [-0.2, 0) is 11.2 Å². The summed E-state index contributed by atoms with van der Waals surface area (Å²) in [5.41, 5.74) is 1.40. The Hall–Kier alpha value is -0.930. The lowest BCUT2D eigenvalue weighted by Gasteiger charge is -2.30. The SMILES string of the molecule is CC(C)(CNC(C)(C)C)COCCc1ccccn1. The first-order valence-electron chi connectivity index (χ1n) is 7.01. The van der Waals surface area contributed by atoms with Crippen LogP contribution in [0.3, 0.4) is 0 Å². The van der Waals surface area contributed by atoms with E-state index in [-0.39, 0.29) is 11.0 Å². The summed E-state index contributed by atoms with van der Waals surface area (Å²) >= 11 is 0. The van der Waals surface area contributed by atoms with Gasteiger partial charge in [-0.05, 0) is 32.9 Å². The number of hydrogen-bond donors (Lipinski definition) is 1. The molecule has 0 aliphatic rings. The topological polar surface area (TPSA) is 34.1 Å². The fourth-order valence-electron chi connectivity index (χ4n) is 1.63. The molecule has 1 heterocycles. The molecular weight excluding hydrogens is 236 g/mol. The Morgan fingerprint density at radius 1 is 1.16 bits per heavy atom. The predicted octanol–water partition coefficient (Wildman–Crippen LogP) is 3.06. The molecule has 0 saturated heterocycles. The highest BCUT2D eigenvalue weighted by Gasteiger charge is 2.21. The quantitative estimate of drug-likeness (QED) is 0.769. The van der Waals surface area contributed by atoms with Gasteiger partial charge in [-0.3, -0.25) is 4.98 Å². The van der Waals surface area contributed by atoms with Crippen molar-refractivity contribution in [3.63, 3.8) is 0 Å². The molecule has 0 aromatic carbocycles. The summed E-state index contributed by atoms with van der Waals surface area (Å²) in [5, 5.41) is 3.53. The summed E-state index contributed by atoms with van der Waals surface area (Å²) in [6, 6.07) is 5.99. The van der Waals surface area contributed by atoms with Gasteiger partial charge < -0.3 is 10.1 Å². The first kappa shape index (κ1) is 16.1. The lowest BCUT2D eigenvalue weighted by Crippen LogP contribution is -2.43. The number of hydrogen-bond acceptors (Lipinski definition) is 3. The Bertz CT molecular complexity index is 355. The van der Waals surface area contributed by atoms with Crippen LogP contribution in [0.15, 0.2) is 24.4 Å². The molecule has 19 heavy (non-hydrogen) atoms. The second-order valence-corrected chi connectivity index (χ2v) is 6.89. The number of nitrogens with one attached hydrogen (secondary N) is 1. The number of aromatic nitrogens is 1. The van der Waals surface area contributed by atoms with E-state index in [4.69, 9.17) is 4.74 Å². The van der Waals surface area contributed by atoms with Gasteiger partial charge in [-0.2, -0.15) is 0 Å². The Labute approximate surface area is 117 Å². The van der Waals surface area contributed by atoms with E-state index in [0.29, 0.717) is 0 Å². The van der Waals surface area contributed by atoms with Gasteiger partial charge in [0.25, 0.3) is 0 Å². The van der Waals surface area contributed by atoms with Crippen molar-refractivity contribution in [1.29, 1.82) is 0 Å². The largest absolute Gasteiger partial charge is 0.380 e. The molecule has 0 spiro atoms. The molecule has 1 aromatic rings. The Kier molecular flexibility index (Phi) is 5.95. The van der Waals surface area contributed by atoms with Gasteiger partial charge in [0.1, 0.15) is 0 Å². The van der Waals surface area contributed by atoms with Crippen LogP contribution in [0.2, 0.25) is 0 Å². The van der Waals surface area contributed by atoms with Crippen LogP contribution in [0, 0.1) is 5.41 Å². The molecule has 3 nitrogen and oxygen atoms in total. The first-order chi connectivity index (χ1) is 8.79. The third kappa shape index (κ3) is 7.96. The van der Waals surface area contributed by atoms with Crippen molar-refractivity contribution >= 4 is 0 Å². The minimum absolute atomic E-state index is 0.150. The maximum absolute atomic E-state index is 5.79. The standard InChI is InChI=1S/C16H28N2O/c1-15(2,3)18-12-16(4,5)13-19-11-9-14-8-6-7-10-17-14/h6-8,10,18H,9,11-13H2,1-5H3. The zero-order chi connectivity index (χ0) is 14.4. The van der Waals surface area contributed by atoms with Gasteiger partial charge in [-0.1, -0.05) is 19.9 Å². The second-order valence-electron chi connectivity index (χ2n) is 6.89. The summed E-state index contributed by atoms with van der Waals surface area (Å²) in [6.45, 7) is 13.5. The van der Waals surface area contributed by atoms with E-state index in [9.17, 15) is 0 Å². The van der Waals surface area contributed by atoms with Gasteiger partial charge in [0.15, 0.2) is 0 Å². The zero-order valence-electron chi connectivity index (χ0n) is 13.0. The number of rotatable bonds is 7. The smallest absolute Gasteiger partial charge is 0.0529 e. The second kappa shape index (κ2) is 7.01. The van der Waals surface area contributed by atoms with Gasteiger partial charge in [-0.25, -0.2) is 0 Å².